The summed E-state index contributed by atoms with van der Waals surface area (Å²) in [6.45, 7) is 0. The fourth-order valence-electron chi connectivity index (χ4n) is 1.91. The number of aromatic nitrogens is 3. The Bertz CT molecular complexity index is 825. The quantitative estimate of drug-likeness (QED) is 0.762. The van der Waals surface area contributed by atoms with E-state index >= 15 is 0 Å². The largest absolute Gasteiger partial charge is 0.508 e. The number of rotatable bonds is 2. The number of methoxy groups -OCH3 is 1. The first kappa shape index (κ1) is 12.2. The zero-order chi connectivity index (χ0) is 14.1. The normalized spacial score (nSPS) is 10.7. The number of pyridine rings is 1. The van der Waals surface area contributed by atoms with Crippen LogP contribution >= 0.6 is 0 Å². The number of ether oxygens (including phenoxy) is 1. The molecule has 0 unspecified atom stereocenters. The fourth-order valence-corrected chi connectivity index (χ4v) is 1.91. The van der Waals surface area contributed by atoms with Gasteiger partial charge in [0, 0.05) is 6.07 Å². The molecular formula is C14H11N3O3. The van der Waals surface area contributed by atoms with E-state index in [-0.39, 0.29) is 11.3 Å². The molecule has 0 bridgehead atoms. The number of benzene rings is 1. The van der Waals surface area contributed by atoms with Crippen LogP contribution in [0.3, 0.4) is 0 Å². The summed E-state index contributed by atoms with van der Waals surface area (Å²) in [5, 5.41) is 9.71. The number of phenolic OH excluding ortho intramolecular Hbond substituents is 1. The third kappa shape index (κ3) is 1.97. The lowest BCUT2D eigenvalue weighted by Crippen LogP contribution is -2.18. The summed E-state index contributed by atoms with van der Waals surface area (Å²) in [7, 11) is 1.49. The van der Waals surface area contributed by atoms with Gasteiger partial charge in [0.2, 0.25) is 5.88 Å². The van der Waals surface area contributed by atoms with E-state index in [2.05, 4.69) is 9.97 Å². The van der Waals surface area contributed by atoms with E-state index in [1.54, 1.807) is 18.2 Å². The average Bonchev–Trinajstić information content (AvgIpc) is 2.49. The van der Waals surface area contributed by atoms with Gasteiger partial charge < -0.3 is 9.84 Å². The lowest BCUT2D eigenvalue weighted by Gasteiger charge is -2.07. The number of hydrogen-bond acceptors (Lipinski definition) is 5. The van der Waals surface area contributed by atoms with Gasteiger partial charge in [0.05, 0.1) is 29.9 Å². The van der Waals surface area contributed by atoms with Crippen LogP contribution in [0.15, 0.2) is 47.7 Å². The molecule has 3 aromatic rings. The van der Waals surface area contributed by atoms with Crippen LogP contribution in [0.4, 0.5) is 0 Å². The molecule has 0 saturated heterocycles. The molecule has 0 spiro atoms. The van der Waals surface area contributed by atoms with Crippen LogP contribution in [0.5, 0.6) is 11.6 Å². The predicted molar refractivity (Wildman–Crippen MR) is 73.4 cm³/mol. The monoisotopic (exact) mass is 269 g/mol. The van der Waals surface area contributed by atoms with E-state index in [9.17, 15) is 9.90 Å². The van der Waals surface area contributed by atoms with Crippen LogP contribution < -0.4 is 10.3 Å². The summed E-state index contributed by atoms with van der Waals surface area (Å²) in [5.74, 6) is 0.501. The summed E-state index contributed by atoms with van der Waals surface area (Å²) >= 11 is 0. The van der Waals surface area contributed by atoms with Crippen LogP contribution in [0.25, 0.3) is 16.6 Å². The standard InChI is InChI=1S/C14H11N3O3/c1-20-13-6-11-12(7-15-13)16-8-17(14(11)19)9-2-4-10(18)5-3-9/h2-8,18H,1H3. The SMILES string of the molecule is COc1cc2c(=O)n(-c3ccc(O)cc3)cnc2cn1. The first-order valence-corrected chi connectivity index (χ1v) is 5.90. The highest BCUT2D eigenvalue weighted by Gasteiger charge is 2.07. The van der Waals surface area contributed by atoms with E-state index in [4.69, 9.17) is 4.74 Å². The molecule has 1 aromatic carbocycles. The van der Waals surface area contributed by atoms with Gasteiger partial charge in [-0.2, -0.15) is 0 Å². The van der Waals surface area contributed by atoms with Crippen molar-refractivity contribution in [1.82, 2.24) is 14.5 Å². The van der Waals surface area contributed by atoms with Crippen molar-refractivity contribution in [3.8, 4) is 17.3 Å². The number of phenols is 1. The Balaban J connectivity index is 2.24. The Labute approximate surface area is 113 Å². The van der Waals surface area contributed by atoms with Crippen molar-refractivity contribution < 1.29 is 9.84 Å². The molecule has 0 fully saturated rings. The Kier molecular flexibility index (Phi) is 2.83. The van der Waals surface area contributed by atoms with Gasteiger partial charge in [0.15, 0.2) is 0 Å². The van der Waals surface area contributed by atoms with Crippen LogP contribution in [0.1, 0.15) is 0 Å². The highest BCUT2D eigenvalue weighted by Crippen LogP contribution is 2.15. The molecule has 2 heterocycles. The molecule has 20 heavy (non-hydrogen) atoms. The van der Waals surface area contributed by atoms with Gasteiger partial charge in [-0.15, -0.1) is 0 Å². The Morgan fingerprint density at radius 3 is 2.65 bits per heavy atom. The lowest BCUT2D eigenvalue weighted by atomic mass is 10.2. The lowest BCUT2D eigenvalue weighted by molar-refractivity contribution is 0.398. The smallest absolute Gasteiger partial charge is 0.266 e. The van der Waals surface area contributed by atoms with E-state index in [1.165, 1.54) is 36.3 Å². The third-order valence-electron chi connectivity index (χ3n) is 2.96. The van der Waals surface area contributed by atoms with Crippen LogP contribution in [-0.2, 0) is 0 Å². The van der Waals surface area contributed by atoms with Crippen molar-refractivity contribution in [3.63, 3.8) is 0 Å². The molecule has 1 N–H and O–H groups in total. The van der Waals surface area contributed by atoms with Gasteiger partial charge >= 0.3 is 0 Å². The molecule has 0 atom stereocenters. The van der Waals surface area contributed by atoms with E-state index in [0.717, 1.165) is 0 Å². The maximum atomic E-state index is 12.5. The number of hydrogen-bond donors (Lipinski definition) is 1. The number of nitrogens with zero attached hydrogens (tertiary/aromatic N) is 3. The molecule has 0 aliphatic heterocycles. The van der Waals surface area contributed by atoms with Crippen LogP contribution in [0, 0.1) is 0 Å². The van der Waals surface area contributed by atoms with E-state index < -0.39 is 0 Å². The second-order valence-corrected chi connectivity index (χ2v) is 4.18. The summed E-state index contributed by atoms with van der Waals surface area (Å²) in [6.07, 6.45) is 2.93. The molecule has 2 aromatic heterocycles. The molecule has 0 aliphatic rings. The van der Waals surface area contributed by atoms with E-state index in [0.29, 0.717) is 22.5 Å². The molecule has 0 aliphatic carbocycles. The molecule has 0 amide bonds. The predicted octanol–water partition coefficient (Wildman–Crippen LogP) is 1.49. The summed E-state index contributed by atoms with van der Waals surface area (Å²) in [5.41, 5.74) is 0.908. The van der Waals surface area contributed by atoms with Crippen molar-refractivity contribution in [3.05, 3.63) is 53.2 Å². The first-order chi connectivity index (χ1) is 9.69. The fraction of sp³-hybridized carbons (Fsp3) is 0.0714. The van der Waals surface area contributed by atoms with Crippen molar-refractivity contribution in [2.75, 3.05) is 7.11 Å². The molecule has 0 saturated carbocycles. The molecular weight excluding hydrogens is 258 g/mol. The Hall–Kier alpha value is -2.89. The molecule has 0 radical (unpaired) electrons. The minimum absolute atomic E-state index is 0.140. The summed E-state index contributed by atoms with van der Waals surface area (Å²) < 4.78 is 6.42. The molecule has 6 nitrogen and oxygen atoms in total. The number of aromatic hydroxyl groups is 1. The maximum Gasteiger partial charge on any atom is 0.266 e. The van der Waals surface area contributed by atoms with Crippen LogP contribution in [-0.4, -0.2) is 26.8 Å². The maximum absolute atomic E-state index is 12.5. The van der Waals surface area contributed by atoms with Crippen molar-refractivity contribution in [2.45, 2.75) is 0 Å². The highest BCUT2D eigenvalue weighted by molar-refractivity contribution is 5.77. The van der Waals surface area contributed by atoms with Gasteiger partial charge in [-0.05, 0) is 24.3 Å². The molecule has 6 heteroatoms. The van der Waals surface area contributed by atoms with Crippen molar-refractivity contribution in [2.24, 2.45) is 0 Å². The Morgan fingerprint density at radius 2 is 1.95 bits per heavy atom. The molecule has 3 rings (SSSR count). The number of fused-ring (bicyclic) bond motifs is 1. The second-order valence-electron chi connectivity index (χ2n) is 4.18. The van der Waals surface area contributed by atoms with Gasteiger partial charge in [0.1, 0.15) is 12.1 Å². The van der Waals surface area contributed by atoms with Gasteiger partial charge in [-0.25, -0.2) is 9.97 Å². The van der Waals surface area contributed by atoms with Crippen molar-refractivity contribution >= 4 is 10.9 Å². The second kappa shape index (κ2) is 4.65. The van der Waals surface area contributed by atoms with Gasteiger partial charge in [-0.1, -0.05) is 0 Å². The highest BCUT2D eigenvalue weighted by atomic mass is 16.5. The molecule has 100 valence electrons. The van der Waals surface area contributed by atoms with Gasteiger partial charge in [-0.3, -0.25) is 9.36 Å². The third-order valence-corrected chi connectivity index (χ3v) is 2.96. The first-order valence-electron chi connectivity index (χ1n) is 5.90. The zero-order valence-corrected chi connectivity index (χ0v) is 10.6. The summed E-state index contributed by atoms with van der Waals surface area (Å²) in [4.78, 5) is 20.7. The van der Waals surface area contributed by atoms with Gasteiger partial charge in [0.25, 0.3) is 5.56 Å². The van der Waals surface area contributed by atoms with E-state index in [1.807, 2.05) is 0 Å². The topological polar surface area (TPSA) is 77.2 Å². The average molecular weight is 269 g/mol. The minimum atomic E-state index is -0.221. The zero-order valence-electron chi connectivity index (χ0n) is 10.6. The van der Waals surface area contributed by atoms with Crippen LogP contribution in [0.2, 0.25) is 0 Å². The van der Waals surface area contributed by atoms with Crippen molar-refractivity contribution in [1.29, 1.82) is 0 Å². The minimum Gasteiger partial charge on any atom is -0.508 e. The Morgan fingerprint density at radius 1 is 1.20 bits per heavy atom. The summed E-state index contributed by atoms with van der Waals surface area (Å²) in [6, 6.07) is 7.87.